The fourth-order valence-electron chi connectivity index (χ4n) is 2.06. The predicted molar refractivity (Wildman–Crippen MR) is 108 cm³/mol. The Morgan fingerprint density at radius 2 is 1.79 bits per heavy atom. The van der Waals surface area contributed by atoms with Crippen LogP contribution in [0.1, 0.15) is 11.1 Å². The van der Waals surface area contributed by atoms with Crippen molar-refractivity contribution in [3.05, 3.63) is 52.0 Å². The van der Waals surface area contributed by atoms with Crippen LogP contribution in [-0.2, 0) is 14.4 Å². The molecular weight excluding hydrogens is 452 g/mol. The van der Waals surface area contributed by atoms with Crippen molar-refractivity contribution in [3.8, 4) is 11.5 Å². The number of hydrogen-bond donors (Lipinski definition) is 2. The first-order valence-electron chi connectivity index (χ1n) is 7.79. The van der Waals surface area contributed by atoms with Crippen LogP contribution in [0, 0.1) is 12.3 Å². The van der Waals surface area contributed by atoms with Crippen molar-refractivity contribution in [3.63, 3.8) is 0 Å². The van der Waals surface area contributed by atoms with E-state index in [0.29, 0.717) is 26.7 Å². The quantitative estimate of drug-likeness (QED) is 0.361. The van der Waals surface area contributed by atoms with E-state index in [2.05, 4.69) is 21.0 Å². The van der Waals surface area contributed by atoms with Gasteiger partial charge in [0.05, 0.1) is 29.8 Å². The summed E-state index contributed by atoms with van der Waals surface area (Å²) in [5, 5.41) is 11.8. The fraction of sp³-hybridized carbons (Fsp3) is 0.176. The second-order valence-electron chi connectivity index (χ2n) is 5.47. The van der Waals surface area contributed by atoms with Gasteiger partial charge in [0, 0.05) is 11.6 Å². The molecule has 2 aromatic rings. The van der Waals surface area contributed by atoms with Gasteiger partial charge in [-0.1, -0.05) is 22.9 Å². The Kier molecular flexibility index (Phi) is 7.00. The minimum absolute atomic E-state index is 0.0932. The number of aryl methyl sites for hydroxylation is 1. The van der Waals surface area contributed by atoms with Crippen LogP contribution in [0.4, 0.5) is 0 Å². The molecule has 0 atom stereocenters. The summed E-state index contributed by atoms with van der Waals surface area (Å²) in [6.07, 6.45) is 1.25. The van der Waals surface area contributed by atoms with Crippen molar-refractivity contribution in [2.45, 2.75) is 11.8 Å². The summed E-state index contributed by atoms with van der Waals surface area (Å²) < 4.78 is 40.7. The molecule has 0 spiro atoms. The molecule has 0 unspecified atom stereocenters. The molecular formula is C17H19BrN4O5S. The zero-order valence-corrected chi connectivity index (χ0v) is 17.7. The summed E-state index contributed by atoms with van der Waals surface area (Å²) in [7, 11) is -1.26. The van der Waals surface area contributed by atoms with E-state index in [4.69, 9.17) is 24.9 Å². The molecule has 28 heavy (non-hydrogen) atoms. The van der Waals surface area contributed by atoms with Crippen LogP contribution < -0.4 is 15.2 Å². The van der Waals surface area contributed by atoms with Gasteiger partial charge in [-0.15, -0.1) is 9.39 Å². The number of nitrogens with one attached hydrogen (secondary N) is 1. The first-order valence-corrected chi connectivity index (χ1v) is 9.99. The van der Waals surface area contributed by atoms with Gasteiger partial charge in [0.25, 0.3) is 0 Å². The molecule has 9 nitrogen and oxygen atoms in total. The molecule has 0 amide bonds. The first kappa shape index (κ1) is 21.7. The molecule has 2 rings (SSSR count). The van der Waals surface area contributed by atoms with E-state index >= 15 is 0 Å². The lowest BCUT2D eigenvalue weighted by atomic mass is 10.2. The van der Waals surface area contributed by atoms with Crippen LogP contribution in [0.5, 0.6) is 11.5 Å². The highest BCUT2D eigenvalue weighted by atomic mass is 79.9. The molecule has 0 fully saturated rings. The van der Waals surface area contributed by atoms with Crippen molar-refractivity contribution in [2.75, 3.05) is 14.2 Å². The Morgan fingerprint density at radius 1 is 1.18 bits per heavy atom. The van der Waals surface area contributed by atoms with Crippen LogP contribution in [0.25, 0.3) is 0 Å². The first-order chi connectivity index (χ1) is 13.2. The maximum atomic E-state index is 12.4. The van der Waals surface area contributed by atoms with E-state index in [1.165, 1.54) is 32.6 Å². The van der Waals surface area contributed by atoms with Crippen molar-refractivity contribution in [1.82, 2.24) is 5.17 Å². The molecule has 0 aromatic heterocycles. The maximum Gasteiger partial charge on any atom is 0.319 e. The molecule has 0 saturated carbocycles. The lowest BCUT2D eigenvalue weighted by Crippen LogP contribution is -2.34. The number of hydrogen-bond acceptors (Lipinski definition) is 7. The van der Waals surface area contributed by atoms with Crippen LogP contribution >= 0.6 is 15.9 Å². The zero-order chi connectivity index (χ0) is 20.9. The van der Waals surface area contributed by atoms with Gasteiger partial charge in [0.1, 0.15) is 11.5 Å². The smallest absolute Gasteiger partial charge is 0.319 e. The average molecular weight is 471 g/mol. The standard InChI is InChI=1S/C17H19BrN4O5S/c1-11-4-6-13(7-5-11)28(23,24)27-22(17(19)20)21-10-12-8-14(18)16(26-3)9-15(12)25-2/h4-10H,1-3H3,(H3,19,20). The van der Waals surface area contributed by atoms with Gasteiger partial charge < -0.3 is 15.2 Å². The molecule has 2 aromatic carbocycles. The molecule has 0 bridgehead atoms. The number of methoxy groups -OCH3 is 2. The third kappa shape index (κ3) is 5.21. The Morgan fingerprint density at radius 3 is 2.32 bits per heavy atom. The molecule has 0 aliphatic heterocycles. The van der Waals surface area contributed by atoms with Gasteiger partial charge in [0.15, 0.2) is 0 Å². The average Bonchev–Trinajstić information content (AvgIpc) is 2.65. The van der Waals surface area contributed by atoms with Crippen molar-refractivity contribution in [1.29, 1.82) is 5.41 Å². The van der Waals surface area contributed by atoms with E-state index in [1.807, 2.05) is 6.92 Å². The van der Waals surface area contributed by atoms with Gasteiger partial charge in [-0.2, -0.15) is 8.42 Å². The van der Waals surface area contributed by atoms with Gasteiger partial charge >= 0.3 is 10.1 Å². The normalized spacial score (nSPS) is 11.4. The van der Waals surface area contributed by atoms with Gasteiger partial charge in [-0.25, -0.2) is 0 Å². The predicted octanol–water partition coefficient (Wildman–Crippen LogP) is 2.62. The second kappa shape index (κ2) is 9.04. The highest BCUT2D eigenvalue weighted by Gasteiger charge is 2.21. The minimum Gasteiger partial charge on any atom is -0.496 e. The Hall–Kier alpha value is -2.63. The van der Waals surface area contributed by atoms with E-state index in [1.54, 1.807) is 24.3 Å². The number of ether oxygens (including phenoxy) is 2. The summed E-state index contributed by atoms with van der Waals surface area (Å²) in [4.78, 5) is -0.0932. The van der Waals surface area contributed by atoms with Crippen molar-refractivity contribution < 1.29 is 22.2 Å². The lowest BCUT2D eigenvalue weighted by Gasteiger charge is -2.15. The molecule has 0 radical (unpaired) electrons. The summed E-state index contributed by atoms with van der Waals surface area (Å²) in [6.45, 7) is 1.82. The number of hydrazone groups is 1. The molecule has 0 heterocycles. The minimum atomic E-state index is -4.23. The van der Waals surface area contributed by atoms with Crippen molar-refractivity contribution >= 4 is 38.2 Å². The van der Waals surface area contributed by atoms with Crippen LogP contribution in [-0.4, -0.2) is 40.0 Å². The lowest BCUT2D eigenvalue weighted by molar-refractivity contribution is 0.0284. The largest absolute Gasteiger partial charge is 0.496 e. The molecule has 3 N–H and O–H groups in total. The van der Waals surface area contributed by atoms with E-state index in [9.17, 15) is 8.42 Å². The van der Waals surface area contributed by atoms with Gasteiger partial charge in [0.2, 0.25) is 5.96 Å². The van der Waals surface area contributed by atoms with Gasteiger partial charge in [-0.3, -0.25) is 5.41 Å². The molecule has 150 valence electrons. The third-order valence-corrected chi connectivity index (χ3v) is 5.30. The van der Waals surface area contributed by atoms with Crippen LogP contribution in [0.2, 0.25) is 0 Å². The van der Waals surface area contributed by atoms with E-state index in [-0.39, 0.29) is 4.90 Å². The highest BCUT2D eigenvalue weighted by Crippen LogP contribution is 2.32. The Balaban J connectivity index is 2.32. The number of nitrogens with zero attached hydrogens (tertiary/aromatic N) is 2. The number of hydroxylamine groups is 1. The van der Waals surface area contributed by atoms with Crippen LogP contribution in [0.15, 0.2) is 50.9 Å². The second-order valence-corrected chi connectivity index (χ2v) is 7.86. The molecule has 11 heteroatoms. The summed E-state index contributed by atoms with van der Waals surface area (Å²) in [5.74, 6) is 0.225. The summed E-state index contributed by atoms with van der Waals surface area (Å²) in [5.41, 5.74) is 6.76. The molecule has 0 aliphatic rings. The number of benzene rings is 2. The maximum absolute atomic E-state index is 12.4. The number of rotatable bonds is 7. The highest BCUT2D eigenvalue weighted by molar-refractivity contribution is 9.10. The van der Waals surface area contributed by atoms with Crippen molar-refractivity contribution in [2.24, 2.45) is 10.8 Å². The number of halogens is 1. The third-order valence-electron chi connectivity index (χ3n) is 3.49. The number of nitrogens with two attached hydrogens (primary N) is 1. The Bertz CT molecular complexity index is 993. The fourth-order valence-corrected chi connectivity index (χ4v) is 3.44. The molecule has 0 saturated heterocycles. The van der Waals surface area contributed by atoms with E-state index < -0.39 is 16.1 Å². The Labute approximate surface area is 171 Å². The summed E-state index contributed by atoms with van der Waals surface area (Å²) in [6, 6.07) is 9.28. The SMILES string of the molecule is COc1cc(OC)c(C=NN(OS(=O)(=O)c2ccc(C)cc2)C(=N)N)cc1Br. The number of guanidine groups is 1. The van der Waals surface area contributed by atoms with E-state index in [0.717, 1.165) is 5.56 Å². The topological polar surface area (TPSA) is 127 Å². The summed E-state index contributed by atoms with van der Waals surface area (Å²) >= 11 is 3.34. The van der Waals surface area contributed by atoms with Gasteiger partial charge in [-0.05, 0) is 41.1 Å². The molecule has 0 aliphatic carbocycles. The monoisotopic (exact) mass is 470 g/mol. The zero-order valence-electron chi connectivity index (χ0n) is 15.3. The van der Waals surface area contributed by atoms with Crippen LogP contribution in [0.3, 0.4) is 0 Å².